The van der Waals surface area contributed by atoms with Crippen molar-refractivity contribution >= 4 is 17.6 Å². The highest BCUT2D eigenvalue weighted by atomic mass is 19.1. The summed E-state index contributed by atoms with van der Waals surface area (Å²) in [5, 5.41) is 2.64. The van der Waals surface area contributed by atoms with Crippen molar-refractivity contribution in [3.05, 3.63) is 39.8 Å². The highest BCUT2D eigenvalue weighted by Gasteiger charge is 2.50. The fourth-order valence-electron chi connectivity index (χ4n) is 8.38. The first-order valence-corrected chi connectivity index (χ1v) is 17.2. The Kier molecular flexibility index (Phi) is 8.57. The number of carbonyl (C=O) groups is 1. The maximum absolute atomic E-state index is 16.6. The number of fused-ring (bicyclic) bond motifs is 4. The number of amides is 1. The Morgan fingerprint density at radius 3 is 2.81 bits per heavy atom. The minimum absolute atomic E-state index is 0.0752. The van der Waals surface area contributed by atoms with Crippen molar-refractivity contribution in [3.8, 4) is 6.01 Å². The van der Waals surface area contributed by atoms with Crippen LogP contribution < -0.4 is 15.0 Å². The quantitative estimate of drug-likeness (QED) is 0.432. The maximum Gasteiger partial charge on any atom is 0.412 e. The number of hydrogen-bond acceptors (Lipinski definition) is 9. The Balaban J connectivity index is 1.24. The zero-order valence-corrected chi connectivity index (χ0v) is 28.1. The van der Waals surface area contributed by atoms with Crippen LogP contribution in [-0.4, -0.2) is 84.3 Å². The number of nitrogens with one attached hydrogen (secondary N) is 1. The molecule has 1 N–H and O–H groups in total. The van der Waals surface area contributed by atoms with Crippen molar-refractivity contribution < 1.29 is 32.5 Å². The summed E-state index contributed by atoms with van der Waals surface area (Å²) in [7, 11) is 0. The topological polar surface area (TPSA) is 98.3 Å². The molecule has 7 rings (SSSR count). The van der Waals surface area contributed by atoms with Crippen molar-refractivity contribution in [1.29, 1.82) is 0 Å². The lowest BCUT2D eigenvalue weighted by Crippen LogP contribution is -2.44. The van der Waals surface area contributed by atoms with E-state index in [4.69, 9.17) is 28.9 Å². The molecule has 1 aliphatic carbocycles. The van der Waals surface area contributed by atoms with Crippen LogP contribution in [0.5, 0.6) is 6.01 Å². The fraction of sp³-hybridized carbons (Fsp3) is 0.686. The smallest absolute Gasteiger partial charge is 0.412 e. The molecule has 5 aliphatic rings. The summed E-state index contributed by atoms with van der Waals surface area (Å²) in [5.74, 6) is 0.256. The third-order valence-electron chi connectivity index (χ3n) is 10.4. The van der Waals surface area contributed by atoms with Crippen molar-refractivity contribution in [3.63, 3.8) is 0 Å². The molecule has 1 spiro atoms. The SMILES string of the molecule is Cc1cc(NC(=O)OC(C)(C)C)c(F)c2c1CCCC21Cc2nc(OC[C@@]34CCCN3C[C@H](F)C4)nc(N3CCCOCC3)c2CO1. The lowest BCUT2D eigenvalue weighted by molar-refractivity contribution is -0.0877. The minimum atomic E-state index is -0.973. The number of nitrogens with zero attached hydrogens (tertiary/aromatic N) is 4. The van der Waals surface area contributed by atoms with E-state index >= 15 is 4.39 Å². The van der Waals surface area contributed by atoms with E-state index < -0.39 is 29.3 Å². The molecule has 4 aliphatic heterocycles. The molecule has 1 aromatic carbocycles. The van der Waals surface area contributed by atoms with Gasteiger partial charge in [0.15, 0.2) is 5.82 Å². The van der Waals surface area contributed by atoms with Crippen LogP contribution in [-0.2, 0) is 39.3 Å². The molecular formula is C35H47F2N5O5. The van der Waals surface area contributed by atoms with Crippen molar-refractivity contribution in [2.24, 2.45) is 0 Å². The number of rotatable bonds is 5. The molecule has 0 saturated carbocycles. The maximum atomic E-state index is 16.6. The number of aromatic nitrogens is 2. The van der Waals surface area contributed by atoms with Gasteiger partial charge in [-0.25, -0.2) is 13.6 Å². The van der Waals surface area contributed by atoms with Crippen LogP contribution in [0.1, 0.15) is 87.2 Å². The molecule has 3 saturated heterocycles. The predicted octanol–water partition coefficient (Wildman–Crippen LogP) is 5.76. The molecule has 0 radical (unpaired) electrons. The number of halogens is 2. The van der Waals surface area contributed by atoms with Gasteiger partial charge >= 0.3 is 12.1 Å². The van der Waals surface area contributed by atoms with Crippen molar-refractivity contribution in [1.82, 2.24) is 14.9 Å². The molecule has 256 valence electrons. The number of anilines is 2. The van der Waals surface area contributed by atoms with E-state index in [9.17, 15) is 9.18 Å². The van der Waals surface area contributed by atoms with Gasteiger partial charge in [0, 0.05) is 50.2 Å². The van der Waals surface area contributed by atoms with Crippen LogP contribution in [0.25, 0.3) is 0 Å². The Hall–Kier alpha value is -3.09. The number of aryl methyl sites for hydroxylation is 1. The monoisotopic (exact) mass is 655 g/mol. The molecule has 2 aromatic rings. The van der Waals surface area contributed by atoms with Gasteiger partial charge in [0.2, 0.25) is 0 Å². The number of alkyl halides is 1. The van der Waals surface area contributed by atoms with E-state index in [1.165, 1.54) is 0 Å². The van der Waals surface area contributed by atoms with Gasteiger partial charge in [-0.3, -0.25) is 10.2 Å². The van der Waals surface area contributed by atoms with E-state index in [1.54, 1.807) is 26.8 Å². The first-order valence-electron chi connectivity index (χ1n) is 17.2. The molecule has 1 aromatic heterocycles. The van der Waals surface area contributed by atoms with Gasteiger partial charge in [-0.05, 0) is 90.0 Å². The summed E-state index contributed by atoms with van der Waals surface area (Å²) in [5.41, 5.74) is 1.97. The van der Waals surface area contributed by atoms with Crippen molar-refractivity contribution in [2.45, 2.75) is 109 Å². The Labute approximate surface area is 275 Å². The van der Waals surface area contributed by atoms with Gasteiger partial charge in [0.05, 0.1) is 30.1 Å². The third-order valence-corrected chi connectivity index (χ3v) is 10.4. The van der Waals surface area contributed by atoms with Gasteiger partial charge in [-0.2, -0.15) is 9.97 Å². The number of hydrogen-bond donors (Lipinski definition) is 1. The second-order valence-electron chi connectivity index (χ2n) is 14.9. The van der Waals surface area contributed by atoms with Crippen LogP contribution in [0.4, 0.5) is 25.1 Å². The van der Waals surface area contributed by atoms with Crippen molar-refractivity contribution in [2.75, 3.05) is 56.2 Å². The van der Waals surface area contributed by atoms with Crippen LogP contribution in [0.2, 0.25) is 0 Å². The highest BCUT2D eigenvalue weighted by Crippen LogP contribution is 2.49. The first kappa shape index (κ1) is 32.5. The summed E-state index contributed by atoms with van der Waals surface area (Å²) < 4.78 is 55.4. The Morgan fingerprint density at radius 1 is 1.13 bits per heavy atom. The first-order chi connectivity index (χ1) is 22.5. The van der Waals surface area contributed by atoms with E-state index in [1.807, 2.05) is 6.92 Å². The summed E-state index contributed by atoms with van der Waals surface area (Å²) in [6.07, 6.45) is 4.15. The fourth-order valence-corrected chi connectivity index (χ4v) is 8.38. The number of ether oxygens (including phenoxy) is 4. The molecule has 3 fully saturated rings. The number of carbonyl (C=O) groups excluding carboxylic acids is 1. The third kappa shape index (κ3) is 6.28. The van der Waals surface area contributed by atoms with Gasteiger partial charge < -0.3 is 23.8 Å². The zero-order chi connectivity index (χ0) is 33.0. The number of benzene rings is 1. The Morgan fingerprint density at radius 2 is 1.98 bits per heavy atom. The molecule has 5 heterocycles. The summed E-state index contributed by atoms with van der Waals surface area (Å²) in [6, 6.07) is 1.94. The Bertz CT molecular complexity index is 1530. The lowest BCUT2D eigenvalue weighted by Gasteiger charge is -2.43. The zero-order valence-electron chi connectivity index (χ0n) is 28.1. The minimum Gasteiger partial charge on any atom is -0.461 e. The second-order valence-corrected chi connectivity index (χ2v) is 14.9. The molecule has 12 heteroatoms. The summed E-state index contributed by atoms with van der Waals surface area (Å²) in [4.78, 5) is 27.0. The van der Waals surface area contributed by atoms with Gasteiger partial charge in [-0.1, -0.05) is 0 Å². The van der Waals surface area contributed by atoms with Gasteiger partial charge in [-0.15, -0.1) is 0 Å². The summed E-state index contributed by atoms with van der Waals surface area (Å²) in [6.45, 7) is 11.8. The molecular weight excluding hydrogens is 608 g/mol. The average Bonchev–Trinajstić information content (AvgIpc) is 3.38. The van der Waals surface area contributed by atoms with Crippen LogP contribution >= 0.6 is 0 Å². The molecule has 47 heavy (non-hydrogen) atoms. The highest BCUT2D eigenvalue weighted by molar-refractivity contribution is 5.85. The van der Waals surface area contributed by atoms with Crippen LogP contribution in [0.3, 0.4) is 0 Å². The van der Waals surface area contributed by atoms with E-state index in [-0.39, 0.29) is 23.8 Å². The normalized spacial score (nSPS) is 27.6. The van der Waals surface area contributed by atoms with Crippen LogP contribution in [0, 0.1) is 12.7 Å². The standard InChI is InChI=1S/C35H47F2N5O5/c1-22-16-26(39-32(43)47-33(2,3)4)29(37)28-24(22)8-5-10-35(28)18-27-25(20-46-35)30(41-11-7-14-44-15-13-41)40-31(38-27)45-21-34-9-6-12-42(34)19-23(36)17-34/h16,23H,5-15,17-21H2,1-4H3,(H,39,43)/t23-,34+,35?/m1/s1. The largest absolute Gasteiger partial charge is 0.461 e. The van der Waals surface area contributed by atoms with E-state index in [0.29, 0.717) is 64.2 Å². The average molecular weight is 656 g/mol. The molecule has 1 unspecified atom stereocenters. The van der Waals surface area contributed by atoms with Gasteiger partial charge in [0.1, 0.15) is 29.8 Å². The second kappa shape index (κ2) is 12.4. The lowest BCUT2D eigenvalue weighted by atomic mass is 9.73. The molecule has 1 amide bonds. The van der Waals surface area contributed by atoms with E-state index in [2.05, 4.69) is 15.1 Å². The molecule has 10 nitrogen and oxygen atoms in total. The van der Waals surface area contributed by atoms with Gasteiger partial charge in [0.25, 0.3) is 0 Å². The summed E-state index contributed by atoms with van der Waals surface area (Å²) >= 11 is 0. The predicted molar refractivity (Wildman–Crippen MR) is 172 cm³/mol. The molecule has 3 atom stereocenters. The molecule has 0 bridgehead atoms. The van der Waals surface area contributed by atoms with Crippen LogP contribution in [0.15, 0.2) is 6.07 Å². The van der Waals surface area contributed by atoms with E-state index in [0.717, 1.165) is 67.0 Å².